The molecule has 0 amide bonds. The molecule has 5 heteroatoms. The van der Waals surface area contributed by atoms with Crippen molar-refractivity contribution in [1.82, 2.24) is 0 Å². The number of allylic oxidation sites excluding steroid dienone is 2. The zero-order valence-electron chi connectivity index (χ0n) is 21.9. The molecular formula is C29H39F3N2. The third kappa shape index (κ3) is 6.74. The van der Waals surface area contributed by atoms with Crippen LogP contribution in [0, 0.1) is 0 Å². The van der Waals surface area contributed by atoms with Crippen molar-refractivity contribution in [2.75, 3.05) is 5.32 Å². The fourth-order valence-electron chi connectivity index (χ4n) is 4.07. The second kappa shape index (κ2) is 11.2. The topological polar surface area (TPSA) is 24.4 Å². The molecule has 0 aliphatic carbocycles. The molecule has 186 valence electrons. The van der Waals surface area contributed by atoms with E-state index in [4.69, 9.17) is 0 Å². The first-order valence-electron chi connectivity index (χ1n) is 12.1. The van der Waals surface area contributed by atoms with Crippen molar-refractivity contribution in [2.45, 2.75) is 92.2 Å². The van der Waals surface area contributed by atoms with Crippen molar-refractivity contribution < 1.29 is 13.2 Å². The largest absolute Gasteiger partial charge is 0.433 e. The average Bonchev–Trinajstić information content (AvgIpc) is 2.72. The molecule has 2 nitrogen and oxygen atoms in total. The Balaban J connectivity index is 2.66. The molecule has 0 unspecified atom stereocenters. The van der Waals surface area contributed by atoms with Gasteiger partial charge in [0.15, 0.2) is 0 Å². The highest BCUT2D eigenvalue weighted by Crippen LogP contribution is 2.37. The van der Waals surface area contributed by atoms with E-state index >= 15 is 0 Å². The van der Waals surface area contributed by atoms with Crippen LogP contribution in [0.25, 0.3) is 0 Å². The van der Waals surface area contributed by atoms with Gasteiger partial charge in [-0.2, -0.15) is 13.2 Å². The van der Waals surface area contributed by atoms with E-state index in [2.05, 4.69) is 38.0 Å². The SMILES string of the molecule is CC(=CC(=Nc1c(C(C)C)cccc1C(C)C)C(F)(F)F)Nc1c(C(C)C)cccc1C(C)C. The van der Waals surface area contributed by atoms with Gasteiger partial charge in [-0.25, -0.2) is 4.99 Å². The molecule has 0 aliphatic rings. The van der Waals surface area contributed by atoms with Crippen molar-refractivity contribution in [3.63, 3.8) is 0 Å². The van der Waals surface area contributed by atoms with Gasteiger partial charge in [-0.05, 0) is 58.9 Å². The standard InChI is InChI=1S/C29H39F3N2/c1-17(2)22-12-10-13-23(18(3)4)27(22)33-21(9)16-26(29(30,31)32)34-28-24(19(5)6)14-11-15-25(28)20(7)8/h10-20,33H,1-9H3. The predicted octanol–water partition coefficient (Wildman–Crippen LogP) is 9.83. The zero-order valence-corrected chi connectivity index (χ0v) is 21.9. The number of rotatable bonds is 8. The summed E-state index contributed by atoms with van der Waals surface area (Å²) in [5.74, 6) is 0.579. The highest BCUT2D eigenvalue weighted by Gasteiger charge is 2.35. The van der Waals surface area contributed by atoms with Gasteiger partial charge in [-0.15, -0.1) is 0 Å². The maximum absolute atomic E-state index is 14.2. The maximum Gasteiger partial charge on any atom is 0.433 e. The van der Waals surface area contributed by atoms with E-state index in [9.17, 15) is 13.2 Å². The number of nitrogens with one attached hydrogen (secondary N) is 1. The van der Waals surface area contributed by atoms with Crippen LogP contribution in [0.5, 0.6) is 0 Å². The van der Waals surface area contributed by atoms with Crippen molar-refractivity contribution in [2.24, 2.45) is 4.99 Å². The number of hydrogen-bond acceptors (Lipinski definition) is 2. The van der Waals surface area contributed by atoms with Crippen LogP contribution >= 0.6 is 0 Å². The first kappa shape index (κ1) is 27.7. The highest BCUT2D eigenvalue weighted by atomic mass is 19.4. The quantitative estimate of drug-likeness (QED) is 0.380. The van der Waals surface area contributed by atoms with Crippen LogP contribution < -0.4 is 5.32 Å². The summed E-state index contributed by atoms with van der Waals surface area (Å²) in [7, 11) is 0. The molecule has 0 spiro atoms. The number of anilines is 1. The fraction of sp³-hybridized carbons (Fsp3) is 0.483. The van der Waals surface area contributed by atoms with E-state index in [1.807, 2.05) is 64.1 Å². The van der Waals surface area contributed by atoms with Crippen molar-refractivity contribution in [1.29, 1.82) is 0 Å². The van der Waals surface area contributed by atoms with E-state index in [0.29, 0.717) is 11.4 Å². The van der Waals surface area contributed by atoms with Gasteiger partial charge < -0.3 is 5.32 Å². The van der Waals surface area contributed by atoms with Gasteiger partial charge in [-0.3, -0.25) is 0 Å². The van der Waals surface area contributed by atoms with Crippen LogP contribution in [-0.2, 0) is 0 Å². The number of para-hydroxylation sites is 2. The lowest BCUT2D eigenvalue weighted by Gasteiger charge is -2.22. The maximum atomic E-state index is 14.2. The molecule has 0 radical (unpaired) electrons. The van der Waals surface area contributed by atoms with E-state index in [-0.39, 0.29) is 23.7 Å². The predicted molar refractivity (Wildman–Crippen MR) is 140 cm³/mol. The van der Waals surface area contributed by atoms with Crippen LogP contribution in [0.4, 0.5) is 24.5 Å². The summed E-state index contributed by atoms with van der Waals surface area (Å²) < 4.78 is 42.5. The summed E-state index contributed by atoms with van der Waals surface area (Å²) in [6, 6.07) is 11.7. The number of alkyl halides is 3. The molecule has 0 atom stereocenters. The van der Waals surface area contributed by atoms with Crippen LogP contribution in [-0.4, -0.2) is 11.9 Å². The fourth-order valence-corrected chi connectivity index (χ4v) is 4.07. The smallest absolute Gasteiger partial charge is 0.359 e. The molecule has 0 aromatic heterocycles. The Morgan fingerprint density at radius 2 is 1.12 bits per heavy atom. The van der Waals surface area contributed by atoms with Crippen molar-refractivity contribution in [3.8, 4) is 0 Å². The van der Waals surface area contributed by atoms with Gasteiger partial charge >= 0.3 is 6.18 Å². The van der Waals surface area contributed by atoms with Gasteiger partial charge in [0.05, 0.1) is 5.69 Å². The minimum absolute atomic E-state index is 0.0571. The average molecular weight is 473 g/mol. The Labute approximate surface area is 203 Å². The summed E-state index contributed by atoms with van der Waals surface area (Å²) in [4.78, 5) is 4.24. The number of nitrogens with zero attached hydrogens (tertiary/aromatic N) is 1. The lowest BCUT2D eigenvalue weighted by atomic mass is 9.92. The lowest BCUT2D eigenvalue weighted by Crippen LogP contribution is -2.22. The Kier molecular flexibility index (Phi) is 9.15. The normalized spacial score (nSPS) is 13.5. The first-order chi connectivity index (χ1) is 15.7. The number of benzene rings is 2. The van der Waals surface area contributed by atoms with Gasteiger partial charge in [0.2, 0.25) is 0 Å². The first-order valence-corrected chi connectivity index (χ1v) is 12.1. The Morgan fingerprint density at radius 3 is 1.47 bits per heavy atom. The van der Waals surface area contributed by atoms with Crippen molar-refractivity contribution in [3.05, 3.63) is 70.4 Å². The monoisotopic (exact) mass is 472 g/mol. The Bertz CT molecular complexity index is 989. The van der Waals surface area contributed by atoms with Gasteiger partial charge in [0, 0.05) is 11.4 Å². The van der Waals surface area contributed by atoms with Crippen LogP contribution in [0.1, 0.15) is 108 Å². The second-order valence-electron chi connectivity index (χ2n) is 10.2. The van der Waals surface area contributed by atoms with Gasteiger partial charge in [0.25, 0.3) is 0 Å². The molecule has 0 heterocycles. The lowest BCUT2D eigenvalue weighted by molar-refractivity contribution is -0.0576. The Morgan fingerprint density at radius 1 is 0.735 bits per heavy atom. The summed E-state index contributed by atoms with van der Waals surface area (Å²) in [5.41, 5.74) is 4.61. The van der Waals surface area contributed by atoms with Crippen LogP contribution in [0.3, 0.4) is 0 Å². The van der Waals surface area contributed by atoms with E-state index in [1.54, 1.807) is 6.92 Å². The summed E-state index contributed by atoms with van der Waals surface area (Å²) in [6.07, 6.45) is -3.46. The van der Waals surface area contributed by atoms with Gasteiger partial charge in [0.1, 0.15) is 5.71 Å². The third-order valence-electron chi connectivity index (χ3n) is 5.91. The Hall–Kier alpha value is -2.56. The minimum Gasteiger partial charge on any atom is -0.359 e. The molecule has 0 saturated heterocycles. The second-order valence-corrected chi connectivity index (χ2v) is 10.2. The molecule has 0 fully saturated rings. The summed E-state index contributed by atoms with van der Waals surface area (Å²) in [5, 5.41) is 3.29. The van der Waals surface area contributed by atoms with E-state index in [1.165, 1.54) is 0 Å². The van der Waals surface area contributed by atoms with Gasteiger partial charge in [-0.1, -0.05) is 91.8 Å². The molecular weight excluding hydrogens is 433 g/mol. The molecule has 0 saturated carbocycles. The minimum atomic E-state index is -4.58. The molecule has 2 aromatic rings. The molecule has 0 aliphatic heterocycles. The molecule has 1 N–H and O–H groups in total. The molecule has 2 aromatic carbocycles. The van der Waals surface area contributed by atoms with E-state index < -0.39 is 11.9 Å². The summed E-state index contributed by atoms with van der Waals surface area (Å²) >= 11 is 0. The number of hydrogen-bond donors (Lipinski definition) is 1. The van der Waals surface area contributed by atoms with Crippen LogP contribution in [0.2, 0.25) is 0 Å². The number of halogens is 3. The number of aliphatic imine (C=N–C) groups is 1. The molecule has 34 heavy (non-hydrogen) atoms. The molecule has 2 rings (SSSR count). The third-order valence-corrected chi connectivity index (χ3v) is 5.91. The van der Waals surface area contributed by atoms with Crippen molar-refractivity contribution >= 4 is 17.1 Å². The highest BCUT2D eigenvalue weighted by molar-refractivity contribution is 6.02. The van der Waals surface area contributed by atoms with E-state index in [0.717, 1.165) is 34.0 Å². The zero-order chi connectivity index (χ0) is 25.8. The van der Waals surface area contributed by atoms with Crippen LogP contribution in [0.15, 0.2) is 53.2 Å². The summed E-state index contributed by atoms with van der Waals surface area (Å²) in [6.45, 7) is 17.9. The molecule has 0 bridgehead atoms.